The second-order valence-electron chi connectivity index (χ2n) is 6.23. The van der Waals surface area contributed by atoms with Gasteiger partial charge in [-0.05, 0) is 47.9 Å². The topological polar surface area (TPSA) is 36.4 Å². The molecule has 2 heterocycles. The van der Waals surface area contributed by atoms with E-state index in [1.807, 2.05) is 17.0 Å². The maximum atomic E-state index is 13.0. The molecule has 1 saturated heterocycles. The van der Waals surface area contributed by atoms with Gasteiger partial charge in [-0.2, -0.15) is 0 Å². The van der Waals surface area contributed by atoms with Crippen LogP contribution < -0.4 is 4.90 Å². The van der Waals surface area contributed by atoms with Crippen LogP contribution in [-0.4, -0.2) is 42.0 Å². The summed E-state index contributed by atoms with van der Waals surface area (Å²) < 4.78 is 13.0. The SMILES string of the molecule is CC(CC(=O)N1CCN(c2ccc(F)cc2)CC1)c1ccncc1. The number of aromatic nitrogens is 1. The third-order valence-electron chi connectivity index (χ3n) is 4.58. The molecule has 1 aliphatic heterocycles. The van der Waals surface area contributed by atoms with Crippen molar-refractivity contribution in [1.82, 2.24) is 9.88 Å². The molecule has 0 spiro atoms. The summed E-state index contributed by atoms with van der Waals surface area (Å²) in [5.41, 5.74) is 2.15. The van der Waals surface area contributed by atoms with E-state index >= 15 is 0 Å². The molecule has 24 heavy (non-hydrogen) atoms. The Kier molecular flexibility index (Phi) is 5.08. The number of anilines is 1. The van der Waals surface area contributed by atoms with Gasteiger partial charge < -0.3 is 9.80 Å². The largest absolute Gasteiger partial charge is 0.368 e. The molecule has 1 amide bonds. The van der Waals surface area contributed by atoms with Gasteiger partial charge in [0.1, 0.15) is 5.82 Å². The van der Waals surface area contributed by atoms with Crippen LogP contribution in [0.25, 0.3) is 0 Å². The van der Waals surface area contributed by atoms with Gasteiger partial charge in [0.15, 0.2) is 0 Å². The van der Waals surface area contributed by atoms with Gasteiger partial charge >= 0.3 is 0 Å². The third kappa shape index (κ3) is 3.91. The van der Waals surface area contributed by atoms with E-state index in [1.54, 1.807) is 24.5 Å². The fourth-order valence-electron chi connectivity index (χ4n) is 3.07. The van der Waals surface area contributed by atoms with E-state index in [9.17, 15) is 9.18 Å². The lowest BCUT2D eigenvalue weighted by atomic mass is 9.98. The zero-order valence-corrected chi connectivity index (χ0v) is 13.9. The fraction of sp³-hybridized carbons (Fsp3) is 0.368. The Morgan fingerprint density at radius 2 is 1.71 bits per heavy atom. The number of carbonyl (C=O) groups is 1. The summed E-state index contributed by atoms with van der Waals surface area (Å²) in [6.45, 7) is 5.04. The molecule has 126 valence electrons. The summed E-state index contributed by atoms with van der Waals surface area (Å²) in [5, 5.41) is 0. The number of amides is 1. The first-order chi connectivity index (χ1) is 11.6. The lowest BCUT2D eigenvalue weighted by molar-refractivity contribution is -0.131. The summed E-state index contributed by atoms with van der Waals surface area (Å²) in [6, 6.07) is 10.5. The molecule has 0 N–H and O–H groups in total. The minimum absolute atomic E-state index is 0.190. The Balaban J connectivity index is 1.52. The summed E-state index contributed by atoms with van der Waals surface area (Å²) in [4.78, 5) is 20.6. The van der Waals surface area contributed by atoms with Crippen LogP contribution in [0.5, 0.6) is 0 Å². The molecule has 4 nitrogen and oxygen atoms in total. The van der Waals surface area contributed by atoms with Crippen molar-refractivity contribution in [2.75, 3.05) is 31.1 Å². The van der Waals surface area contributed by atoms with Gasteiger partial charge in [-0.25, -0.2) is 4.39 Å². The standard InChI is InChI=1S/C19H22FN3O/c1-15(16-6-8-21-9-7-16)14-19(24)23-12-10-22(11-13-23)18-4-2-17(20)3-5-18/h2-9,15H,10-14H2,1H3. The molecular weight excluding hydrogens is 305 g/mol. The van der Waals surface area contributed by atoms with Crippen LogP contribution in [0, 0.1) is 5.82 Å². The van der Waals surface area contributed by atoms with Crippen LogP contribution in [-0.2, 0) is 4.79 Å². The van der Waals surface area contributed by atoms with Crippen LogP contribution in [0.3, 0.4) is 0 Å². The second kappa shape index (κ2) is 7.43. The summed E-state index contributed by atoms with van der Waals surface area (Å²) in [6.07, 6.45) is 4.04. The van der Waals surface area contributed by atoms with Crippen molar-refractivity contribution in [2.24, 2.45) is 0 Å². The van der Waals surface area contributed by atoms with Gasteiger partial charge in [0.05, 0.1) is 0 Å². The minimum atomic E-state index is -0.224. The number of rotatable bonds is 4. The van der Waals surface area contributed by atoms with Gasteiger partial charge in [-0.3, -0.25) is 9.78 Å². The van der Waals surface area contributed by atoms with E-state index in [0.29, 0.717) is 19.5 Å². The molecule has 0 aliphatic carbocycles. The Labute approximate surface area is 141 Å². The highest BCUT2D eigenvalue weighted by molar-refractivity contribution is 5.77. The predicted molar refractivity (Wildman–Crippen MR) is 92.5 cm³/mol. The first-order valence-corrected chi connectivity index (χ1v) is 8.31. The molecule has 5 heteroatoms. The first kappa shape index (κ1) is 16.4. The maximum absolute atomic E-state index is 13.0. The molecular formula is C19H22FN3O. The number of hydrogen-bond acceptors (Lipinski definition) is 3. The average Bonchev–Trinajstić information content (AvgIpc) is 2.63. The van der Waals surface area contributed by atoms with Crippen LogP contribution in [0.4, 0.5) is 10.1 Å². The molecule has 1 aromatic heterocycles. The third-order valence-corrected chi connectivity index (χ3v) is 4.58. The average molecular weight is 327 g/mol. The maximum Gasteiger partial charge on any atom is 0.223 e. The molecule has 1 unspecified atom stereocenters. The highest BCUT2D eigenvalue weighted by atomic mass is 19.1. The molecule has 2 aromatic rings. The smallest absolute Gasteiger partial charge is 0.223 e. The van der Waals surface area contributed by atoms with Gasteiger partial charge in [0, 0.05) is 50.7 Å². The molecule has 3 rings (SSSR count). The molecule has 0 bridgehead atoms. The number of halogens is 1. The second-order valence-corrected chi connectivity index (χ2v) is 6.23. The van der Waals surface area contributed by atoms with Gasteiger partial charge in [-0.1, -0.05) is 6.92 Å². The van der Waals surface area contributed by atoms with Crippen molar-refractivity contribution in [3.8, 4) is 0 Å². The lowest BCUT2D eigenvalue weighted by Crippen LogP contribution is -2.49. The van der Waals surface area contributed by atoms with Crippen LogP contribution in [0.15, 0.2) is 48.8 Å². The van der Waals surface area contributed by atoms with Gasteiger partial charge in [0.2, 0.25) is 5.91 Å². The number of pyridine rings is 1. The quantitative estimate of drug-likeness (QED) is 0.866. The Bertz CT molecular complexity index is 667. The molecule has 1 atom stereocenters. The zero-order chi connectivity index (χ0) is 16.9. The molecule has 1 aliphatic rings. The van der Waals surface area contributed by atoms with E-state index < -0.39 is 0 Å². The van der Waals surface area contributed by atoms with Crippen LogP contribution in [0.1, 0.15) is 24.8 Å². The molecule has 0 saturated carbocycles. The normalized spacial score (nSPS) is 16.1. The monoisotopic (exact) mass is 327 g/mol. The fourth-order valence-corrected chi connectivity index (χ4v) is 3.07. The number of piperazine rings is 1. The minimum Gasteiger partial charge on any atom is -0.368 e. The molecule has 1 aromatic carbocycles. The van der Waals surface area contributed by atoms with E-state index in [1.165, 1.54) is 12.1 Å². The number of benzene rings is 1. The van der Waals surface area contributed by atoms with Gasteiger partial charge in [0.25, 0.3) is 0 Å². The first-order valence-electron chi connectivity index (χ1n) is 8.31. The zero-order valence-electron chi connectivity index (χ0n) is 13.9. The van der Waals surface area contributed by atoms with Crippen LogP contribution >= 0.6 is 0 Å². The van der Waals surface area contributed by atoms with Crippen molar-refractivity contribution in [1.29, 1.82) is 0 Å². The summed E-state index contributed by atoms with van der Waals surface area (Å²) in [5.74, 6) is 0.159. The number of carbonyl (C=O) groups excluding carboxylic acids is 1. The highest BCUT2D eigenvalue weighted by Gasteiger charge is 2.23. The summed E-state index contributed by atoms with van der Waals surface area (Å²) >= 11 is 0. The van der Waals surface area contributed by atoms with Crippen molar-refractivity contribution in [2.45, 2.75) is 19.3 Å². The van der Waals surface area contributed by atoms with E-state index in [4.69, 9.17) is 0 Å². The highest BCUT2D eigenvalue weighted by Crippen LogP contribution is 2.21. The van der Waals surface area contributed by atoms with Crippen molar-refractivity contribution < 1.29 is 9.18 Å². The number of nitrogens with zero attached hydrogens (tertiary/aromatic N) is 3. The van der Waals surface area contributed by atoms with Crippen molar-refractivity contribution >= 4 is 11.6 Å². The number of hydrogen-bond donors (Lipinski definition) is 0. The van der Waals surface area contributed by atoms with E-state index in [-0.39, 0.29) is 17.6 Å². The van der Waals surface area contributed by atoms with Crippen molar-refractivity contribution in [3.05, 3.63) is 60.2 Å². The molecule has 0 radical (unpaired) electrons. The lowest BCUT2D eigenvalue weighted by Gasteiger charge is -2.36. The Morgan fingerprint density at radius 3 is 2.33 bits per heavy atom. The summed E-state index contributed by atoms with van der Waals surface area (Å²) in [7, 11) is 0. The van der Waals surface area contributed by atoms with Gasteiger partial charge in [-0.15, -0.1) is 0 Å². The molecule has 1 fully saturated rings. The predicted octanol–water partition coefficient (Wildman–Crippen LogP) is 3.06. The van der Waals surface area contributed by atoms with E-state index in [0.717, 1.165) is 24.3 Å². The van der Waals surface area contributed by atoms with E-state index in [2.05, 4.69) is 16.8 Å². The van der Waals surface area contributed by atoms with Crippen molar-refractivity contribution in [3.63, 3.8) is 0 Å². The van der Waals surface area contributed by atoms with Crippen LogP contribution in [0.2, 0.25) is 0 Å². The Hall–Kier alpha value is -2.43. The Morgan fingerprint density at radius 1 is 1.08 bits per heavy atom.